The van der Waals surface area contributed by atoms with Crippen LogP contribution in [0, 0.1) is 0 Å². The second-order valence-corrected chi connectivity index (χ2v) is 8.20. The van der Waals surface area contributed by atoms with Crippen LogP contribution in [0.5, 0.6) is 17.2 Å². The number of ketones is 2. The Kier molecular flexibility index (Phi) is 5.48. The number of ether oxygens (including phenoxy) is 3. The summed E-state index contributed by atoms with van der Waals surface area (Å²) in [7, 11) is 0. The largest absolute Gasteiger partial charge is 0.485 e. The summed E-state index contributed by atoms with van der Waals surface area (Å²) in [5, 5.41) is 0.561. The molecule has 0 spiro atoms. The predicted molar refractivity (Wildman–Crippen MR) is 125 cm³/mol. The first-order valence-corrected chi connectivity index (χ1v) is 10.8. The molecule has 0 saturated carbocycles. The van der Waals surface area contributed by atoms with Gasteiger partial charge in [-0.05, 0) is 67.1 Å². The SMILES string of the molecule is C[C@@H]1Oc2ccccc2C=C1C=C1Oc2cc(OCC(=O)c3ccc(Cl)cc3)ccc2C1=O. The number of benzene rings is 3. The van der Waals surface area contributed by atoms with E-state index in [1.165, 1.54) is 0 Å². The van der Waals surface area contributed by atoms with Gasteiger partial charge < -0.3 is 14.2 Å². The molecule has 0 fully saturated rings. The van der Waals surface area contributed by atoms with E-state index in [1.807, 2.05) is 37.3 Å². The number of Topliss-reactive ketones (excluding diaryl/α,β-unsaturated/α-hetero) is 2. The zero-order valence-electron chi connectivity index (χ0n) is 17.7. The highest BCUT2D eigenvalue weighted by Crippen LogP contribution is 2.36. The standard InChI is InChI=1S/C27H19ClO5/c1-16-19(12-18-4-2-3-5-24(18)32-16)13-26-27(30)22-11-10-21(14-25(22)33-26)31-15-23(29)17-6-8-20(28)9-7-17/h2-14,16H,15H2,1H3/t16-/m0/s1. The molecule has 0 aliphatic carbocycles. The van der Waals surface area contributed by atoms with Crippen molar-refractivity contribution in [1.29, 1.82) is 0 Å². The Morgan fingerprint density at radius 1 is 1.06 bits per heavy atom. The summed E-state index contributed by atoms with van der Waals surface area (Å²) in [4.78, 5) is 25.2. The smallest absolute Gasteiger partial charge is 0.231 e. The van der Waals surface area contributed by atoms with Gasteiger partial charge in [-0.2, -0.15) is 0 Å². The summed E-state index contributed by atoms with van der Waals surface area (Å²) in [6.07, 6.45) is 3.49. The molecule has 6 heteroatoms. The summed E-state index contributed by atoms with van der Waals surface area (Å²) in [6.45, 7) is 1.78. The molecule has 2 aliphatic heterocycles. The van der Waals surface area contributed by atoms with Crippen molar-refractivity contribution in [2.75, 3.05) is 6.61 Å². The molecule has 3 aromatic carbocycles. The molecule has 2 aliphatic rings. The van der Waals surface area contributed by atoms with Gasteiger partial charge in [-0.25, -0.2) is 0 Å². The number of halogens is 1. The van der Waals surface area contributed by atoms with Crippen LogP contribution in [0.4, 0.5) is 0 Å². The molecule has 3 aromatic rings. The summed E-state index contributed by atoms with van der Waals surface area (Å²) < 4.78 is 17.4. The lowest BCUT2D eigenvalue weighted by atomic mass is 10.0. The van der Waals surface area contributed by atoms with E-state index in [2.05, 4.69) is 0 Å². The fourth-order valence-electron chi connectivity index (χ4n) is 3.70. The second kappa shape index (κ2) is 8.60. The Bertz CT molecular complexity index is 1320. The van der Waals surface area contributed by atoms with E-state index in [0.717, 1.165) is 16.9 Å². The molecule has 164 valence electrons. The number of hydrogen-bond donors (Lipinski definition) is 0. The van der Waals surface area contributed by atoms with E-state index in [1.54, 1.807) is 48.5 Å². The fourth-order valence-corrected chi connectivity index (χ4v) is 3.82. The molecule has 0 unspecified atom stereocenters. The minimum absolute atomic E-state index is 0.141. The van der Waals surface area contributed by atoms with Gasteiger partial charge in [-0.15, -0.1) is 0 Å². The van der Waals surface area contributed by atoms with E-state index in [4.69, 9.17) is 25.8 Å². The minimum Gasteiger partial charge on any atom is -0.485 e. The molecule has 0 bridgehead atoms. The van der Waals surface area contributed by atoms with Crippen molar-refractivity contribution >= 4 is 29.2 Å². The van der Waals surface area contributed by atoms with Gasteiger partial charge in [0.2, 0.25) is 5.78 Å². The van der Waals surface area contributed by atoms with Gasteiger partial charge in [-0.3, -0.25) is 9.59 Å². The van der Waals surface area contributed by atoms with Gasteiger partial charge in [0.05, 0.1) is 5.56 Å². The Balaban J connectivity index is 1.31. The average Bonchev–Trinajstić information content (AvgIpc) is 3.13. The Morgan fingerprint density at radius 2 is 1.85 bits per heavy atom. The zero-order chi connectivity index (χ0) is 22.9. The molecule has 0 amide bonds. The number of para-hydroxylation sites is 1. The molecular weight excluding hydrogens is 440 g/mol. The van der Waals surface area contributed by atoms with Crippen LogP contribution in [0.15, 0.2) is 84.1 Å². The molecule has 5 rings (SSSR count). The van der Waals surface area contributed by atoms with Crippen molar-refractivity contribution in [3.8, 4) is 17.2 Å². The number of fused-ring (bicyclic) bond motifs is 2. The van der Waals surface area contributed by atoms with Crippen molar-refractivity contribution in [2.45, 2.75) is 13.0 Å². The van der Waals surface area contributed by atoms with E-state index in [-0.39, 0.29) is 30.0 Å². The van der Waals surface area contributed by atoms with Gasteiger partial charge in [-0.1, -0.05) is 29.8 Å². The monoisotopic (exact) mass is 458 g/mol. The summed E-state index contributed by atoms with van der Waals surface area (Å²) in [5.74, 6) is 1.48. The minimum atomic E-state index is -0.217. The number of carbonyl (C=O) groups excluding carboxylic acids is 2. The van der Waals surface area contributed by atoms with Crippen molar-refractivity contribution in [3.05, 3.63) is 106 Å². The zero-order valence-corrected chi connectivity index (χ0v) is 18.5. The highest BCUT2D eigenvalue weighted by atomic mass is 35.5. The lowest BCUT2D eigenvalue weighted by Gasteiger charge is -2.22. The van der Waals surface area contributed by atoms with Crippen LogP contribution < -0.4 is 14.2 Å². The van der Waals surface area contributed by atoms with Crippen LogP contribution >= 0.6 is 11.6 Å². The maximum atomic E-state index is 12.8. The number of allylic oxidation sites excluding steroid dienone is 1. The Morgan fingerprint density at radius 3 is 2.67 bits per heavy atom. The molecule has 0 radical (unpaired) electrons. The number of hydrogen-bond acceptors (Lipinski definition) is 5. The molecular formula is C27H19ClO5. The molecule has 2 heterocycles. The fraction of sp³-hybridized carbons (Fsp3) is 0.111. The quantitative estimate of drug-likeness (QED) is 0.350. The first kappa shape index (κ1) is 21.0. The molecule has 33 heavy (non-hydrogen) atoms. The van der Waals surface area contributed by atoms with Crippen LogP contribution in [0.25, 0.3) is 6.08 Å². The topological polar surface area (TPSA) is 61.8 Å². The second-order valence-electron chi connectivity index (χ2n) is 7.76. The van der Waals surface area contributed by atoms with Gasteiger partial charge in [0.25, 0.3) is 0 Å². The molecule has 0 aromatic heterocycles. The van der Waals surface area contributed by atoms with Crippen molar-refractivity contribution in [1.82, 2.24) is 0 Å². The van der Waals surface area contributed by atoms with Gasteiger partial charge >= 0.3 is 0 Å². The lowest BCUT2D eigenvalue weighted by Crippen LogP contribution is -2.18. The van der Waals surface area contributed by atoms with E-state index >= 15 is 0 Å². The molecule has 5 nitrogen and oxygen atoms in total. The van der Waals surface area contributed by atoms with E-state index in [0.29, 0.717) is 27.6 Å². The maximum absolute atomic E-state index is 12.8. The van der Waals surface area contributed by atoms with Crippen LogP contribution in [-0.4, -0.2) is 24.3 Å². The summed E-state index contributed by atoms with van der Waals surface area (Å²) in [6, 6.07) is 19.3. The summed E-state index contributed by atoms with van der Waals surface area (Å²) in [5.41, 5.74) is 2.75. The third kappa shape index (κ3) is 4.28. The van der Waals surface area contributed by atoms with Crippen LogP contribution in [-0.2, 0) is 0 Å². The van der Waals surface area contributed by atoms with Crippen LogP contribution in [0.1, 0.15) is 33.2 Å². The lowest BCUT2D eigenvalue weighted by molar-refractivity contribution is 0.0921. The summed E-state index contributed by atoms with van der Waals surface area (Å²) >= 11 is 5.86. The van der Waals surface area contributed by atoms with Crippen molar-refractivity contribution < 1.29 is 23.8 Å². The molecule has 1 atom stereocenters. The van der Waals surface area contributed by atoms with Crippen LogP contribution in [0.3, 0.4) is 0 Å². The van der Waals surface area contributed by atoms with Crippen LogP contribution in [0.2, 0.25) is 5.02 Å². The third-order valence-electron chi connectivity index (χ3n) is 5.49. The normalized spacial score (nSPS) is 17.5. The van der Waals surface area contributed by atoms with Crippen molar-refractivity contribution in [3.63, 3.8) is 0 Å². The predicted octanol–water partition coefficient (Wildman–Crippen LogP) is 5.93. The maximum Gasteiger partial charge on any atom is 0.231 e. The molecule has 0 N–H and O–H groups in total. The van der Waals surface area contributed by atoms with E-state index in [9.17, 15) is 9.59 Å². The highest BCUT2D eigenvalue weighted by Gasteiger charge is 2.29. The first-order chi connectivity index (χ1) is 16.0. The number of carbonyl (C=O) groups is 2. The van der Waals surface area contributed by atoms with Crippen molar-refractivity contribution in [2.24, 2.45) is 0 Å². The first-order valence-electron chi connectivity index (χ1n) is 10.4. The molecule has 0 saturated heterocycles. The van der Waals surface area contributed by atoms with Gasteiger partial charge in [0.15, 0.2) is 18.1 Å². The van der Waals surface area contributed by atoms with E-state index < -0.39 is 0 Å². The average molecular weight is 459 g/mol. The number of rotatable bonds is 5. The Labute approximate surface area is 195 Å². The Hall–Kier alpha value is -3.83. The van der Waals surface area contributed by atoms with Gasteiger partial charge in [0.1, 0.15) is 23.4 Å². The highest BCUT2D eigenvalue weighted by molar-refractivity contribution is 6.30. The third-order valence-corrected chi connectivity index (χ3v) is 5.74. The van der Waals surface area contributed by atoms with Gasteiger partial charge in [0, 0.05) is 22.2 Å².